The Bertz CT molecular complexity index is 781. The molecule has 0 saturated carbocycles. The van der Waals surface area contributed by atoms with Gasteiger partial charge in [-0.2, -0.15) is 4.98 Å². The van der Waals surface area contributed by atoms with Gasteiger partial charge in [0.05, 0.1) is 6.54 Å². The highest BCUT2D eigenvalue weighted by Gasteiger charge is 2.17. The van der Waals surface area contributed by atoms with Gasteiger partial charge in [0, 0.05) is 12.0 Å². The number of unbranched alkanes of at least 4 members (excludes halogenated alkanes) is 7. The van der Waals surface area contributed by atoms with Gasteiger partial charge in [0.15, 0.2) is 0 Å². The van der Waals surface area contributed by atoms with Crippen LogP contribution in [0.25, 0.3) is 11.4 Å². The summed E-state index contributed by atoms with van der Waals surface area (Å²) in [5, 5.41) is 10.3. The number of carbonyl (C=O) groups excluding carboxylic acids is 1. The van der Waals surface area contributed by atoms with E-state index in [9.17, 15) is 4.79 Å². The Hall–Kier alpha value is -2.21. The Balaban J connectivity index is 1.34. The lowest BCUT2D eigenvalue weighted by molar-refractivity contribution is -0.122. The summed E-state index contributed by atoms with van der Waals surface area (Å²) in [7, 11) is 0. The third-order valence-corrected chi connectivity index (χ3v) is 6.31. The highest BCUT2D eigenvalue weighted by Crippen LogP contribution is 2.19. The van der Waals surface area contributed by atoms with Crippen molar-refractivity contribution < 1.29 is 9.32 Å². The first-order chi connectivity index (χ1) is 15.7. The fourth-order valence-electron chi connectivity index (χ4n) is 4.33. The van der Waals surface area contributed by atoms with Crippen molar-refractivity contribution in [3.05, 3.63) is 35.7 Å². The normalized spacial score (nSPS) is 16.2. The molecule has 1 amide bonds. The van der Waals surface area contributed by atoms with E-state index in [0.29, 0.717) is 24.1 Å². The van der Waals surface area contributed by atoms with E-state index >= 15 is 0 Å². The maximum atomic E-state index is 12.2. The molecule has 2 N–H and O–H groups in total. The Morgan fingerprint density at radius 2 is 1.84 bits per heavy atom. The van der Waals surface area contributed by atoms with Gasteiger partial charge in [-0.25, -0.2) is 0 Å². The number of carbonyl (C=O) groups is 1. The van der Waals surface area contributed by atoms with Crippen molar-refractivity contribution in [2.75, 3.05) is 13.1 Å². The topological polar surface area (TPSA) is 80.0 Å². The van der Waals surface area contributed by atoms with Crippen molar-refractivity contribution in [2.45, 2.75) is 90.5 Å². The molecule has 1 aromatic heterocycles. The molecule has 1 fully saturated rings. The molecule has 32 heavy (non-hydrogen) atoms. The van der Waals surface area contributed by atoms with Crippen LogP contribution in [-0.4, -0.2) is 29.1 Å². The highest BCUT2D eigenvalue weighted by atomic mass is 16.5. The number of hydrogen-bond donors (Lipinski definition) is 2. The van der Waals surface area contributed by atoms with Gasteiger partial charge in [0.1, 0.15) is 0 Å². The smallest absolute Gasteiger partial charge is 0.246 e. The van der Waals surface area contributed by atoms with E-state index < -0.39 is 0 Å². The lowest BCUT2D eigenvalue weighted by Gasteiger charge is -2.21. The highest BCUT2D eigenvalue weighted by molar-refractivity contribution is 5.76. The summed E-state index contributed by atoms with van der Waals surface area (Å²) in [6.45, 7) is 4.53. The van der Waals surface area contributed by atoms with Gasteiger partial charge in [0.25, 0.3) is 0 Å². The minimum absolute atomic E-state index is 0.0452. The van der Waals surface area contributed by atoms with Crippen molar-refractivity contribution >= 4 is 5.91 Å². The average Bonchev–Trinajstić information content (AvgIpc) is 3.30. The van der Waals surface area contributed by atoms with Gasteiger partial charge >= 0.3 is 0 Å². The number of aryl methyl sites for hydroxylation is 1. The molecule has 1 unspecified atom stereocenters. The SMILES string of the molecule is CCCCCCCCCCc1ccc(-c2noc(CNC(=O)CC3CCCNC3)n2)cc1. The number of benzene rings is 1. The number of aromatic nitrogens is 2. The molecule has 0 spiro atoms. The van der Waals surface area contributed by atoms with E-state index in [2.05, 4.69) is 52.0 Å². The van der Waals surface area contributed by atoms with Crippen LogP contribution in [0.3, 0.4) is 0 Å². The summed E-state index contributed by atoms with van der Waals surface area (Å²) in [4.78, 5) is 16.6. The molecule has 0 bridgehead atoms. The van der Waals surface area contributed by atoms with E-state index in [4.69, 9.17) is 4.52 Å². The van der Waals surface area contributed by atoms with Crippen LogP contribution >= 0.6 is 0 Å². The molecule has 1 saturated heterocycles. The zero-order valence-electron chi connectivity index (χ0n) is 19.7. The predicted octanol–water partition coefficient (Wildman–Crippen LogP) is 5.43. The Morgan fingerprint density at radius 1 is 1.09 bits per heavy atom. The van der Waals surface area contributed by atoms with Crippen molar-refractivity contribution in [1.29, 1.82) is 0 Å². The second-order valence-electron chi connectivity index (χ2n) is 9.13. The van der Waals surface area contributed by atoms with E-state index in [-0.39, 0.29) is 12.5 Å². The molecule has 0 radical (unpaired) electrons. The number of hydrogen-bond acceptors (Lipinski definition) is 5. The Kier molecular flexibility index (Phi) is 10.7. The lowest BCUT2D eigenvalue weighted by Crippen LogP contribution is -2.34. The first kappa shape index (κ1) is 24.4. The fraction of sp³-hybridized carbons (Fsp3) is 0.654. The van der Waals surface area contributed by atoms with E-state index in [0.717, 1.165) is 37.9 Å². The van der Waals surface area contributed by atoms with Crippen LogP contribution in [-0.2, 0) is 17.8 Å². The number of rotatable bonds is 14. The lowest BCUT2D eigenvalue weighted by atomic mass is 9.96. The van der Waals surface area contributed by atoms with Crippen LogP contribution in [0.2, 0.25) is 0 Å². The Morgan fingerprint density at radius 3 is 2.56 bits per heavy atom. The molecule has 1 aromatic carbocycles. The summed E-state index contributed by atoms with van der Waals surface area (Å²) in [6, 6.07) is 8.44. The average molecular weight is 441 g/mol. The molecule has 1 aliphatic heterocycles. The fourth-order valence-corrected chi connectivity index (χ4v) is 4.33. The summed E-state index contributed by atoms with van der Waals surface area (Å²) in [6.07, 6.45) is 14.7. The molecule has 0 aliphatic carbocycles. The van der Waals surface area contributed by atoms with Crippen LogP contribution in [0.15, 0.2) is 28.8 Å². The molecular weight excluding hydrogens is 400 g/mol. The maximum absolute atomic E-state index is 12.2. The van der Waals surface area contributed by atoms with Gasteiger partial charge in [-0.05, 0) is 50.3 Å². The summed E-state index contributed by atoms with van der Waals surface area (Å²) >= 11 is 0. The summed E-state index contributed by atoms with van der Waals surface area (Å²) < 4.78 is 5.33. The predicted molar refractivity (Wildman–Crippen MR) is 128 cm³/mol. The van der Waals surface area contributed by atoms with Crippen LogP contribution in [0.4, 0.5) is 0 Å². The standard InChI is InChI=1S/C26H40N4O2/c1-2-3-4-5-6-7-8-9-11-21-13-15-23(16-14-21)26-29-25(32-30-26)20-28-24(31)18-22-12-10-17-27-19-22/h13-16,22,27H,2-12,17-20H2,1H3,(H,28,31). The minimum atomic E-state index is 0.0452. The van der Waals surface area contributed by atoms with Crippen LogP contribution < -0.4 is 10.6 Å². The zero-order chi connectivity index (χ0) is 22.4. The molecule has 3 rings (SSSR count). The van der Waals surface area contributed by atoms with Gasteiger partial charge < -0.3 is 15.2 Å². The first-order valence-electron chi connectivity index (χ1n) is 12.6. The summed E-state index contributed by atoms with van der Waals surface area (Å²) in [5.41, 5.74) is 2.30. The maximum Gasteiger partial charge on any atom is 0.246 e. The second-order valence-corrected chi connectivity index (χ2v) is 9.13. The van der Waals surface area contributed by atoms with E-state index in [1.54, 1.807) is 0 Å². The third kappa shape index (κ3) is 8.73. The van der Waals surface area contributed by atoms with E-state index in [1.807, 2.05) is 0 Å². The number of nitrogens with one attached hydrogen (secondary N) is 2. The molecule has 176 valence electrons. The largest absolute Gasteiger partial charge is 0.347 e. The van der Waals surface area contributed by atoms with Crippen LogP contribution in [0.1, 0.15) is 89.0 Å². The van der Waals surface area contributed by atoms with Gasteiger partial charge in [-0.3, -0.25) is 4.79 Å². The Labute approximate surface area is 192 Å². The molecule has 6 nitrogen and oxygen atoms in total. The first-order valence-corrected chi connectivity index (χ1v) is 12.6. The third-order valence-electron chi connectivity index (χ3n) is 6.31. The monoisotopic (exact) mass is 440 g/mol. The van der Waals surface area contributed by atoms with Gasteiger partial charge in [-0.15, -0.1) is 0 Å². The molecular formula is C26H40N4O2. The zero-order valence-corrected chi connectivity index (χ0v) is 19.7. The molecule has 2 heterocycles. The van der Waals surface area contributed by atoms with Gasteiger partial charge in [0.2, 0.25) is 17.6 Å². The van der Waals surface area contributed by atoms with E-state index in [1.165, 1.54) is 56.9 Å². The van der Waals surface area contributed by atoms with Crippen molar-refractivity contribution in [3.8, 4) is 11.4 Å². The van der Waals surface area contributed by atoms with Crippen molar-refractivity contribution in [3.63, 3.8) is 0 Å². The minimum Gasteiger partial charge on any atom is -0.347 e. The molecule has 1 aliphatic rings. The molecule has 6 heteroatoms. The van der Waals surface area contributed by atoms with Crippen LogP contribution in [0.5, 0.6) is 0 Å². The van der Waals surface area contributed by atoms with Crippen molar-refractivity contribution in [2.24, 2.45) is 5.92 Å². The van der Waals surface area contributed by atoms with Crippen molar-refractivity contribution in [1.82, 2.24) is 20.8 Å². The quantitative estimate of drug-likeness (QED) is 0.383. The summed E-state index contributed by atoms with van der Waals surface area (Å²) in [5.74, 6) is 1.48. The number of piperidine rings is 1. The second kappa shape index (κ2) is 14.0. The van der Waals surface area contributed by atoms with Crippen LogP contribution in [0, 0.1) is 5.92 Å². The van der Waals surface area contributed by atoms with Gasteiger partial charge in [-0.1, -0.05) is 81.3 Å². The number of nitrogens with zero attached hydrogens (tertiary/aromatic N) is 2. The molecule has 1 atom stereocenters. The number of amides is 1. The molecule has 2 aromatic rings.